The van der Waals surface area contributed by atoms with Crippen LogP contribution in [0.25, 0.3) is 0 Å². The van der Waals surface area contributed by atoms with E-state index in [0.29, 0.717) is 18.4 Å². The lowest BCUT2D eigenvalue weighted by atomic mass is 10.0. The van der Waals surface area contributed by atoms with Gasteiger partial charge in [0.1, 0.15) is 5.75 Å². The van der Waals surface area contributed by atoms with Gasteiger partial charge in [-0.15, -0.1) is 24.0 Å². The number of guanidine groups is 1. The lowest BCUT2D eigenvalue weighted by molar-refractivity contribution is 0.242. The molecule has 5 heteroatoms. The number of piperidine rings is 1. The Morgan fingerprint density at radius 2 is 2.05 bits per heavy atom. The fourth-order valence-corrected chi connectivity index (χ4v) is 2.62. The SMILES string of the molecule is CC1CCCN(C(N)=NCc2ccc(OC(C)C)cc2)C1.I. The van der Waals surface area contributed by atoms with Gasteiger partial charge in [0, 0.05) is 13.1 Å². The first-order chi connectivity index (χ1) is 10.0. The van der Waals surface area contributed by atoms with Crippen LogP contribution >= 0.6 is 24.0 Å². The highest BCUT2D eigenvalue weighted by atomic mass is 127. The van der Waals surface area contributed by atoms with E-state index >= 15 is 0 Å². The van der Waals surface area contributed by atoms with Gasteiger partial charge in [0.05, 0.1) is 12.6 Å². The number of hydrogen-bond donors (Lipinski definition) is 1. The zero-order chi connectivity index (χ0) is 15.2. The maximum atomic E-state index is 6.11. The number of halogens is 1. The zero-order valence-electron chi connectivity index (χ0n) is 13.8. The van der Waals surface area contributed by atoms with Gasteiger partial charge in [-0.25, -0.2) is 4.99 Å². The summed E-state index contributed by atoms with van der Waals surface area (Å²) < 4.78 is 5.63. The molecule has 124 valence electrons. The monoisotopic (exact) mass is 417 g/mol. The smallest absolute Gasteiger partial charge is 0.191 e. The fraction of sp³-hybridized carbons (Fsp3) is 0.588. The number of nitrogens with zero attached hydrogens (tertiary/aromatic N) is 2. The zero-order valence-corrected chi connectivity index (χ0v) is 16.1. The molecular formula is C17H28IN3O. The van der Waals surface area contributed by atoms with Gasteiger partial charge in [0.25, 0.3) is 0 Å². The molecule has 2 rings (SSSR count). The molecule has 4 nitrogen and oxygen atoms in total. The summed E-state index contributed by atoms with van der Waals surface area (Å²) in [6.07, 6.45) is 2.70. The third-order valence-electron chi connectivity index (χ3n) is 3.70. The van der Waals surface area contributed by atoms with E-state index in [4.69, 9.17) is 10.5 Å². The van der Waals surface area contributed by atoms with Crippen LogP contribution in [-0.2, 0) is 6.54 Å². The Morgan fingerprint density at radius 3 is 2.64 bits per heavy atom. The maximum absolute atomic E-state index is 6.11. The molecule has 2 N–H and O–H groups in total. The number of rotatable bonds is 4. The van der Waals surface area contributed by atoms with E-state index in [0.717, 1.165) is 24.4 Å². The molecule has 1 saturated heterocycles. The summed E-state index contributed by atoms with van der Waals surface area (Å²) in [6, 6.07) is 8.08. The molecule has 0 saturated carbocycles. The molecule has 1 atom stereocenters. The number of hydrogen-bond acceptors (Lipinski definition) is 2. The Morgan fingerprint density at radius 1 is 1.36 bits per heavy atom. The lowest BCUT2D eigenvalue weighted by Crippen LogP contribution is -2.43. The summed E-state index contributed by atoms with van der Waals surface area (Å²) >= 11 is 0. The van der Waals surface area contributed by atoms with Crippen molar-refractivity contribution < 1.29 is 4.74 Å². The van der Waals surface area contributed by atoms with E-state index in [-0.39, 0.29) is 30.1 Å². The second-order valence-corrected chi connectivity index (χ2v) is 6.18. The van der Waals surface area contributed by atoms with Crippen LogP contribution in [-0.4, -0.2) is 30.1 Å². The summed E-state index contributed by atoms with van der Waals surface area (Å²) in [5.74, 6) is 2.28. The van der Waals surface area contributed by atoms with Crippen LogP contribution in [0.2, 0.25) is 0 Å². The summed E-state index contributed by atoms with van der Waals surface area (Å²) in [6.45, 7) is 9.00. The van der Waals surface area contributed by atoms with Crippen LogP contribution in [0.3, 0.4) is 0 Å². The molecular weight excluding hydrogens is 389 g/mol. The van der Waals surface area contributed by atoms with Gasteiger partial charge < -0.3 is 15.4 Å². The topological polar surface area (TPSA) is 50.8 Å². The summed E-state index contributed by atoms with van der Waals surface area (Å²) in [7, 11) is 0. The van der Waals surface area contributed by atoms with Crippen molar-refractivity contribution in [2.75, 3.05) is 13.1 Å². The molecule has 1 unspecified atom stereocenters. The minimum atomic E-state index is 0. The van der Waals surface area contributed by atoms with Gasteiger partial charge in [0.2, 0.25) is 0 Å². The summed E-state index contributed by atoms with van der Waals surface area (Å²) in [5, 5.41) is 0. The summed E-state index contributed by atoms with van der Waals surface area (Å²) in [4.78, 5) is 6.72. The molecule has 1 aliphatic rings. The standard InChI is InChI=1S/C17H27N3O.HI/c1-13(2)21-16-8-6-15(7-9-16)11-19-17(18)20-10-4-5-14(3)12-20;/h6-9,13-14H,4-5,10-12H2,1-3H3,(H2,18,19);1H. The normalized spacial score (nSPS) is 19.0. The molecule has 1 aliphatic heterocycles. The van der Waals surface area contributed by atoms with Gasteiger partial charge in [-0.2, -0.15) is 0 Å². The van der Waals surface area contributed by atoms with Gasteiger partial charge >= 0.3 is 0 Å². The number of aliphatic imine (C=N–C) groups is 1. The second-order valence-electron chi connectivity index (χ2n) is 6.18. The quantitative estimate of drug-likeness (QED) is 0.463. The Balaban J connectivity index is 0.00000242. The molecule has 1 heterocycles. The minimum Gasteiger partial charge on any atom is -0.491 e. The number of benzene rings is 1. The van der Waals surface area contributed by atoms with Crippen molar-refractivity contribution in [1.82, 2.24) is 4.90 Å². The highest BCUT2D eigenvalue weighted by molar-refractivity contribution is 14.0. The van der Waals surface area contributed by atoms with Gasteiger partial charge in [-0.05, 0) is 50.3 Å². The molecule has 1 aromatic carbocycles. The molecule has 0 bridgehead atoms. The van der Waals surface area contributed by atoms with Crippen molar-refractivity contribution in [2.45, 2.75) is 46.3 Å². The molecule has 0 spiro atoms. The second kappa shape index (κ2) is 9.22. The van der Waals surface area contributed by atoms with E-state index in [1.807, 2.05) is 38.1 Å². The van der Waals surface area contributed by atoms with Crippen molar-refractivity contribution in [3.05, 3.63) is 29.8 Å². The van der Waals surface area contributed by atoms with Crippen molar-refractivity contribution in [2.24, 2.45) is 16.6 Å². The van der Waals surface area contributed by atoms with Crippen LogP contribution in [0, 0.1) is 5.92 Å². The predicted octanol–water partition coefficient (Wildman–Crippen LogP) is 3.64. The molecule has 0 radical (unpaired) electrons. The highest BCUT2D eigenvalue weighted by Gasteiger charge is 2.17. The van der Waals surface area contributed by atoms with Crippen LogP contribution in [0.15, 0.2) is 29.3 Å². The van der Waals surface area contributed by atoms with E-state index in [1.54, 1.807) is 0 Å². The Hall–Kier alpha value is -0.980. The van der Waals surface area contributed by atoms with Crippen LogP contribution in [0.1, 0.15) is 39.2 Å². The first kappa shape index (κ1) is 19.1. The largest absolute Gasteiger partial charge is 0.491 e. The first-order valence-corrected chi connectivity index (χ1v) is 7.85. The lowest BCUT2D eigenvalue weighted by Gasteiger charge is -2.31. The van der Waals surface area contributed by atoms with Crippen LogP contribution in [0.4, 0.5) is 0 Å². The molecule has 22 heavy (non-hydrogen) atoms. The Kier molecular flexibility index (Phi) is 8.00. The van der Waals surface area contributed by atoms with E-state index in [2.05, 4.69) is 16.8 Å². The number of ether oxygens (including phenoxy) is 1. The minimum absolute atomic E-state index is 0. The maximum Gasteiger partial charge on any atom is 0.191 e. The Labute approximate surface area is 151 Å². The number of likely N-dealkylation sites (tertiary alicyclic amines) is 1. The highest BCUT2D eigenvalue weighted by Crippen LogP contribution is 2.16. The van der Waals surface area contributed by atoms with Crippen LogP contribution < -0.4 is 10.5 Å². The van der Waals surface area contributed by atoms with E-state index in [9.17, 15) is 0 Å². The van der Waals surface area contributed by atoms with Crippen LogP contribution in [0.5, 0.6) is 5.75 Å². The molecule has 0 aromatic heterocycles. The summed E-state index contributed by atoms with van der Waals surface area (Å²) in [5.41, 5.74) is 7.26. The number of nitrogens with two attached hydrogens (primary N) is 1. The molecule has 1 fully saturated rings. The molecule has 0 aliphatic carbocycles. The molecule has 0 amide bonds. The third kappa shape index (κ3) is 6.02. The van der Waals surface area contributed by atoms with E-state index < -0.39 is 0 Å². The predicted molar refractivity (Wildman–Crippen MR) is 103 cm³/mol. The van der Waals surface area contributed by atoms with Crippen molar-refractivity contribution in [1.29, 1.82) is 0 Å². The third-order valence-corrected chi connectivity index (χ3v) is 3.70. The van der Waals surface area contributed by atoms with E-state index in [1.165, 1.54) is 12.8 Å². The van der Waals surface area contributed by atoms with Gasteiger partial charge in [0.15, 0.2) is 5.96 Å². The Bertz CT molecular complexity index is 473. The molecule has 1 aromatic rings. The first-order valence-electron chi connectivity index (χ1n) is 7.85. The van der Waals surface area contributed by atoms with Crippen molar-refractivity contribution in [3.8, 4) is 5.75 Å². The van der Waals surface area contributed by atoms with Crippen molar-refractivity contribution in [3.63, 3.8) is 0 Å². The van der Waals surface area contributed by atoms with Crippen molar-refractivity contribution >= 4 is 29.9 Å². The average Bonchev–Trinajstić information content (AvgIpc) is 2.45. The van der Waals surface area contributed by atoms with Gasteiger partial charge in [-0.3, -0.25) is 0 Å². The fourth-order valence-electron chi connectivity index (χ4n) is 2.62. The average molecular weight is 417 g/mol. The van der Waals surface area contributed by atoms with Gasteiger partial charge in [-0.1, -0.05) is 19.1 Å².